The number of methoxy groups -OCH3 is 2. The maximum atomic E-state index is 11.9. The Kier molecular flexibility index (Phi) is 7.26. The van der Waals surface area contributed by atoms with Gasteiger partial charge in [0.15, 0.2) is 11.5 Å². The molecule has 10 heteroatoms. The number of anilines is 1. The summed E-state index contributed by atoms with van der Waals surface area (Å²) in [6.45, 7) is 3.10. The molecule has 0 unspecified atom stereocenters. The Bertz CT molecular complexity index is 1220. The minimum Gasteiger partial charge on any atom is -0.496 e. The first-order valence-corrected chi connectivity index (χ1v) is 10.8. The zero-order valence-corrected chi connectivity index (χ0v) is 18.7. The monoisotopic (exact) mass is 449 g/mol. The van der Waals surface area contributed by atoms with Crippen LogP contribution in [0.1, 0.15) is 23.3 Å². The summed E-state index contributed by atoms with van der Waals surface area (Å²) in [5.41, 5.74) is 2.78. The summed E-state index contributed by atoms with van der Waals surface area (Å²) in [7, 11) is 3.16. The van der Waals surface area contributed by atoms with Crippen LogP contribution in [-0.2, 0) is 4.74 Å². The molecule has 1 saturated heterocycles. The van der Waals surface area contributed by atoms with Crippen LogP contribution < -0.4 is 15.0 Å². The van der Waals surface area contributed by atoms with Gasteiger partial charge in [-0.25, -0.2) is 19.9 Å². The molecule has 4 aromatic rings. The predicted molar refractivity (Wildman–Crippen MR) is 126 cm³/mol. The number of amides is 1. The second-order valence-corrected chi connectivity index (χ2v) is 7.47. The zero-order chi connectivity index (χ0) is 23.0. The number of imidazole rings is 1. The standard InChI is InChI=1S/C14H16N2O3.C9H11N5/c1-18-8-7-15-14(17)12-9-13(19-2)10-5-3-4-6-11(10)16-12;1-2-4-14(3-1)9-7-8(11-5-10-7)12-6-13-9/h3-6,9H,7-8H2,1-2H3,(H,15,17);5-6H,1-4H2,(H,10,11,12,13). The number of rotatable bonds is 6. The molecule has 4 heterocycles. The molecule has 0 bridgehead atoms. The van der Waals surface area contributed by atoms with E-state index in [1.54, 1.807) is 32.9 Å². The molecule has 172 valence electrons. The van der Waals surface area contributed by atoms with E-state index in [0.29, 0.717) is 24.6 Å². The number of aromatic nitrogens is 5. The summed E-state index contributed by atoms with van der Waals surface area (Å²) < 4.78 is 10.2. The molecule has 1 fully saturated rings. The highest BCUT2D eigenvalue weighted by molar-refractivity contribution is 5.97. The van der Waals surface area contributed by atoms with Crippen molar-refractivity contribution in [3.63, 3.8) is 0 Å². The smallest absolute Gasteiger partial charge is 0.270 e. The van der Waals surface area contributed by atoms with Crippen molar-refractivity contribution < 1.29 is 14.3 Å². The molecule has 1 amide bonds. The zero-order valence-electron chi connectivity index (χ0n) is 18.7. The molecule has 3 aromatic heterocycles. The Hall–Kier alpha value is -3.79. The number of pyridine rings is 1. The first-order chi connectivity index (χ1) is 16.2. The van der Waals surface area contributed by atoms with Crippen LogP contribution in [0.3, 0.4) is 0 Å². The molecular formula is C23H27N7O3. The maximum absolute atomic E-state index is 11.9. The normalized spacial score (nSPS) is 13.1. The van der Waals surface area contributed by atoms with Crippen LogP contribution in [0.2, 0.25) is 0 Å². The molecule has 33 heavy (non-hydrogen) atoms. The van der Waals surface area contributed by atoms with E-state index in [0.717, 1.165) is 41.0 Å². The van der Waals surface area contributed by atoms with Gasteiger partial charge in [0, 0.05) is 38.2 Å². The SMILES string of the molecule is COCCNC(=O)c1cc(OC)c2ccccc2n1.c1nc(N2CCCC2)c2[nH]cnc2n1. The molecule has 1 aromatic carbocycles. The molecule has 1 aliphatic rings. The molecule has 0 aliphatic carbocycles. The third-order valence-electron chi connectivity index (χ3n) is 5.33. The van der Waals surface area contributed by atoms with Gasteiger partial charge >= 0.3 is 0 Å². The van der Waals surface area contributed by atoms with Gasteiger partial charge in [0.1, 0.15) is 23.3 Å². The van der Waals surface area contributed by atoms with E-state index in [4.69, 9.17) is 9.47 Å². The van der Waals surface area contributed by atoms with Gasteiger partial charge in [-0.15, -0.1) is 0 Å². The average molecular weight is 450 g/mol. The number of ether oxygens (including phenoxy) is 2. The predicted octanol–water partition coefficient (Wildman–Crippen LogP) is 2.57. The van der Waals surface area contributed by atoms with Crippen molar-refractivity contribution in [3.05, 3.63) is 48.7 Å². The number of benzene rings is 1. The van der Waals surface area contributed by atoms with Crippen LogP contribution in [0.5, 0.6) is 5.75 Å². The Balaban J connectivity index is 0.000000163. The minimum absolute atomic E-state index is 0.235. The van der Waals surface area contributed by atoms with Gasteiger partial charge in [-0.2, -0.15) is 0 Å². The summed E-state index contributed by atoms with van der Waals surface area (Å²) in [5, 5.41) is 3.62. The molecule has 10 nitrogen and oxygen atoms in total. The molecule has 5 rings (SSSR count). The van der Waals surface area contributed by atoms with Gasteiger partial charge in [0.2, 0.25) is 0 Å². The number of nitrogens with one attached hydrogen (secondary N) is 2. The quantitative estimate of drug-likeness (QED) is 0.431. The summed E-state index contributed by atoms with van der Waals surface area (Å²) in [6, 6.07) is 9.19. The molecule has 0 saturated carbocycles. The van der Waals surface area contributed by atoms with Crippen molar-refractivity contribution in [3.8, 4) is 5.75 Å². The number of H-pyrrole nitrogens is 1. The van der Waals surface area contributed by atoms with E-state index < -0.39 is 0 Å². The first-order valence-electron chi connectivity index (χ1n) is 10.8. The van der Waals surface area contributed by atoms with Crippen molar-refractivity contribution >= 4 is 33.8 Å². The Labute approximate surface area is 191 Å². The van der Waals surface area contributed by atoms with Gasteiger partial charge in [-0.1, -0.05) is 12.1 Å². The van der Waals surface area contributed by atoms with Crippen LogP contribution in [0, 0.1) is 0 Å². The average Bonchev–Trinajstić information content (AvgIpc) is 3.56. The van der Waals surface area contributed by atoms with Gasteiger partial charge in [-0.05, 0) is 25.0 Å². The lowest BCUT2D eigenvalue weighted by molar-refractivity contribution is 0.0932. The lowest BCUT2D eigenvalue weighted by Gasteiger charge is -2.15. The molecular weight excluding hydrogens is 422 g/mol. The highest BCUT2D eigenvalue weighted by Gasteiger charge is 2.17. The van der Waals surface area contributed by atoms with Gasteiger partial charge in [0.05, 0.1) is 25.6 Å². The molecule has 0 spiro atoms. The topological polar surface area (TPSA) is 118 Å². The number of hydrogen-bond acceptors (Lipinski definition) is 8. The van der Waals surface area contributed by atoms with Crippen molar-refractivity contribution in [1.29, 1.82) is 0 Å². The van der Waals surface area contributed by atoms with Crippen molar-refractivity contribution in [1.82, 2.24) is 30.2 Å². The van der Waals surface area contributed by atoms with Gasteiger partial charge in [-0.3, -0.25) is 4.79 Å². The van der Waals surface area contributed by atoms with Crippen LogP contribution in [0.4, 0.5) is 5.82 Å². The molecule has 1 aliphatic heterocycles. The first kappa shape index (κ1) is 22.4. The second-order valence-electron chi connectivity index (χ2n) is 7.47. The maximum Gasteiger partial charge on any atom is 0.270 e. The van der Waals surface area contributed by atoms with Gasteiger partial charge in [0.25, 0.3) is 5.91 Å². The number of nitrogens with zero attached hydrogens (tertiary/aromatic N) is 5. The Morgan fingerprint density at radius 2 is 1.97 bits per heavy atom. The largest absolute Gasteiger partial charge is 0.496 e. The van der Waals surface area contributed by atoms with E-state index in [2.05, 4.69) is 35.1 Å². The van der Waals surface area contributed by atoms with E-state index in [-0.39, 0.29) is 5.91 Å². The van der Waals surface area contributed by atoms with Crippen LogP contribution >= 0.6 is 0 Å². The fourth-order valence-electron chi connectivity index (χ4n) is 3.71. The number of aromatic amines is 1. The van der Waals surface area contributed by atoms with E-state index >= 15 is 0 Å². The van der Waals surface area contributed by atoms with Crippen molar-refractivity contribution in [2.75, 3.05) is 45.4 Å². The fourth-order valence-corrected chi connectivity index (χ4v) is 3.71. The highest BCUT2D eigenvalue weighted by Crippen LogP contribution is 2.25. The highest BCUT2D eigenvalue weighted by atomic mass is 16.5. The summed E-state index contributed by atoms with van der Waals surface area (Å²) in [6.07, 6.45) is 5.75. The van der Waals surface area contributed by atoms with Crippen LogP contribution in [0.25, 0.3) is 22.1 Å². The fraction of sp³-hybridized carbons (Fsp3) is 0.348. The molecule has 0 atom stereocenters. The number of carbonyl (C=O) groups is 1. The van der Waals surface area contributed by atoms with Crippen molar-refractivity contribution in [2.45, 2.75) is 12.8 Å². The second kappa shape index (κ2) is 10.7. The number of para-hydroxylation sites is 1. The lowest BCUT2D eigenvalue weighted by atomic mass is 10.2. The van der Waals surface area contributed by atoms with E-state index in [9.17, 15) is 4.79 Å². The summed E-state index contributed by atoms with van der Waals surface area (Å²) in [4.78, 5) is 34.2. The number of fused-ring (bicyclic) bond motifs is 2. The Morgan fingerprint density at radius 3 is 2.76 bits per heavy atom. The van der Waals surface area contributed by atoms with Crippen molar-refractivity contribution in [2.24, 2.45) is 0 Å². The lowest BCUT2D eigenvalue weighted by Crippen LogP contribution is -2.27. The Morgan fingerprint density at radius 1 is 1.15 bits per heavy atom. The molecule has 0 radical (unpaired) electrons. The molecule has 2 N–H and O–H groups in total. The van der Waals surface area contributed by atoms with E-state index in [1.165, 1.54) is 12.8 Å². The van der Waals surface area contributed by atoms with Crippen LogP contribution in [-0.4, -0.2) is 71.3 Å². The third-order valence-corrected chi connectivity index (χ3v) is 5.33. The van der Waals surface area contributed by atoms with E-state index in [1.807, 2.05) is 24.3 Å². The number of hydrogen-bond donors (Lipinski definition) is 2. The number of carbonyl (C=O) groups excluding carboxylic acids is 1. The minimum atomic E-state index is -0.235. The third kappa shape index (κ3) is 5.17. The summed E-state index contributed by atoms with van der Waals surface area (Å²) >= 11 is 0. The van der Waals surface area contributed by atoms with Crippen LogP contribution in [0.15, 0.2) is 43.0 Å². The van der Waals surface area contributed by atoms with Gasteiger partial charge < -0.3 is 24.7 Å². The summed E-state index contributed by atoms with van der Waals surface area (Å²) in [5.74, 6) is 1.40.